The van der Waals surface area contributed by atoms with Gasteiger partial charge in [0.1, 0.15) is 0 Å². The summed E-state index contributed by atoms with van der Waals surface area (Å²) in [5.74, 6) is 0. The van der Waals surface area contributed by atoms with Crippen LogP contribution in [-0.4, -0.2) is 45.0 Å². The number of urea groups is 1. The monoisotopic (exact) mass is 328 g/mol. The van der Waals surface area contributed by atoms with Crippen molar-refractivity contribution < 1.29 is 9.90 Å². The summed E-state index contributed by atoms with van der Waals surface area (Å²) < 4.78 is 1.80. The predicted molar refractivity (Wildman–Crippen MR) is 91.8 cm³/mol. The summed E-state index contributed by atoms with van der Waals surface area (Å²) in [6.45, 7) is 1.34. The normalized spacial score (nSPS) is 17.7. The third-order valence-corrected chi connectivity index (χ3v) is 4.52. The number of para-hydroxylation sites is 1. The Kier molecular flexibility index (Phi) is 5.48. The van der Waals surface area contributed by atoms with Gasteiger partial charge in [-0.1, -0.05) is 18.2 Å². The van der Waals surface area contributed by atoms with Gasteiger partial charge in [0.2, 0.25) is 0 Å². The van der Waals surface area contributed by atoms with Gasteiger partial charge >= 0.3 is 6.03 Å². The lowest BCUT2D eigenvalue weighted by Crippen LogP contribution is -2.48. The lowest BCUT2D eigenvalue weighted by atomic mass is 10.0. The number of nitrogens with one attached hydrogen (secondary N) is 1. The number of benzene rings is 1. The van der Waals surface area contributed by atoms with E-state index in [4.69, 9.17) is 0 Å². The number of likely N-dealkylation sites (tertiary alicyclic amines) is 1. The molecule has 0 radical (unpaired) electrons. The minimum absolute atomic E-state index is 0.0524. The van der Waals surface area contributed by atoms with Crippen LogP contribution in [0.1, 0.15) is 31.2 Å². The fourth-order valence-electron chi connectivity index (χ4n) is 3.28. The molecule has 1 saturated heterocycles. The molecule has 0 bridgehead atoms. The average Bonchev–Trinajstić information content (AvgIpc) is 3.15. The number of hydrogen-bond donors (Lipinski definition) is 2. The zero-order chi connectivity index (χ0) is 16.8. The van der Waals surface area contributed by atoms with Crippen molar-refractivity contribution in [3.63, 3.8) is 0 Å². The highest BCUT2D eigenvalue weighted by atomic mass is 16.3. The van der Waals surface area contributed by atoms with Gasteiger partial charge in [-0.15, -0.1) is 0 Å². The second-order valence-electron chi connectivity index (χ2n) is 6.09. The van der Waals surface area contributed by atoms with E-state index in [0.717, 1.165) is 37.1 Å². The number of aromatic nitrogens is 2. The van der Waals surface area contributed by atoms with Crippen molar-refractivity contribution in [2.24, 2.45) is 0 Å². The van der Waals surface area contributed by atoms with Crippen LogP contribution in [0.15, 0.2) is 42.7 Å². The van der Waals surface area contributed by atoms with Crippen LogP contribution in [0, 0.1) is 0 Å². The standard InChI is InChI=1S/C18H24N4O2/c23-13-9-16-7-3-4-11-21(16)18(24)19-14-15-6-1-2-8-17(15)22-12-5-10-20-22/h1-2,5-6,8,10,12,16,23H,3-4,7,9,11,13-14H2,(H,19,24). The number of carbonyl (C=O) groups is 1. The molecule has 0 saturated carbocycles. The lowest BCUT2D eigenvalue weighted by molar-refractivity contribution is 0.131. The number of hydrogen-bond acceptors (Lipinski definition) is 3. The molecule has 128 valence electrons. The Bertz CT molecular complexity index is 655. The van der Waals surface area contributed by atoms with Gasteiger partial charge < -0.3 is 15.3 Å². The van der Waals surface area contributed by atoms with Gasteiger partial charge in [0.05, 0.1) is 5.69 Å². The third kappa shape index (κ3) is 3.76. The van der Waals surface area contributed by atoms with E-state index >= 15 is 0 Å². The second-order valence-corrected chi connectivity index (χ2v) is 6.09. The van der Waals surface area contributed by atoms with E-state index in [1.165, 1.54) is 0 Å². The second kappa shape index (κ2) is 7.97. The lowest BCUT2D eigenvalue weighted by Gasteiger charge is -2.35. The highest BCUT2D eigenvalue weighted by Gasteiger charge is 2.26. The first kappa shape index (κ1) is 16.5. The maximum Gasteiger partial charge on any atom is 0.317 e. The van der Waals surface area contributed by atoms with Crippen LogP contribution >= 0.6 is 0 Å². The van der Waals surface area contributed by atoms with Gasteiger partial charge in [-0.25, -0.2) is 9.48 Å². The van der Waals surface area contributed by atoms with Crippen LogP contribution in [0.3, 0.4) is 0 Å². The summed E-state index contributed by atoms with van der Waals surface area (Å²) in [5, 5.41) is 16.5. The van der Waals surface area contributed by atoms with E-state index in [0.29, 0.717) is 13.0 Å². The molecule has 2 heterocycles. The topological polar surface area (TPSA) is 70.4 Å². The van der Waals surface area contributed by atoms with Gasteiger partial charge in [-0.05, 0) is 43.4 Å². The molecule has 1 aromatic heterocycles. The number of amides is 2. The van der Waals surface area contributed by atoms with Crippen LogP contribution in [0.2, 0.25) is 0 Å². The van der Waals surface area contributed by atoms with Gasteiger partial charge in [-0.3, -0.25) is 0 Å². The molecule has 6 nitrogen and oxygen atoms in total. The molecule has 1 atom stereocenters. The van der Waals surface area contributed by atoms with Gasteiger partial charge in [0.15, 0.2) is 0 Å². The Morgan fingerprint density at radius 1 is 1.29 bits per heavy atom. The average molecular weight is 328 g/mol. The van der Waals surface area contributed by atoms with Crippen molar-refractivity contribution in [1.82, 2.24) is 20.0 Å². The minimum Gasteiger partial charge on any atom is -0.396 e. The molecular formula is C18H24N4O2. The summed E-state index contributed by atoms with van der Waals surface area (Å²) in [7, 11) is 0. The Hall–Kier alpha value is -2.34. The van der Waals surface area contributed by atoms with Crippen molar-refractivity contribution in [3.05, 3.63) is 48.3 Å². The Labute approximate surface area is 142 Å². The van der Waals surface area contributed by atoms with Crippen LogP contribution in [0.4, 0.5) is 4.79 Å². The van der Waals surface area contributed by atoms with E-state index < -0.39 is 0 Å². The quantitative estimate of drug-likeness (QED) is 0.885. The molecule has 1 aliphatic heterocycles. The Balaban J connectivity index is 1.66. The molecule has 1 aromatic carbocycles. The van der Waals surface area contributed by atoms with Crippen LogP contribution < -0.4 is 5.32 Å². The SMILES string of the molecule is O=C(NCc1ccccc1-n1cccn1)N1CCCCC1CCO. The highest BCUT2D eigenvalue weighted by Crippen LogP contribution is 2.20. The number of nitrogens with zero attached hydrogens (tertiary/aromatic N) is 3. The summed E-state index contributed by atoms with van der Waals surface area (Å²) in [6.07, 6.45) is 7.40. The van der Waals surface area contributed by atoms with E-state index in [2.05, 4.69) is 10.4 Å². The fraction of sp³-hybridized carbons (Fsp3) is 0.444. The largest absolute Gasteiger partial charge is 0.396 e. The number of piperidine rings is 1. The first-order chi connectivity index (χ1) is 11.8. The Morgan fingerprint density at radius 2 is 2.17 bits per heavy atom. The summed E-state index contributed by atoms with van der Waals surface area (Å²) in [4.78, 5) is 14.4. The third-order valence-electron chi connectivity index (χ3n) is 4.52. The van der Waals surface area contributed by atoms with Crippen molar-refractivity contribution in [1.29, 1.82) is 0 Å². The predicted octanol–water partition coefficient (Wildman–Crippen LogP) is 2.32. The van der Waals surface area contributed by atoms with E-state index in [9.17, 15) is 9.90 Å². The number of rotatable bonds is 5. The van der Waals surface area contributed by atoms with Crippen LogP contribution in [-0.2, 0) is 6.54 Å². The van der Waals surface area contributed by atoms with E-state index in [1.807, 2.05) is 41.4 Å². The van der Waals surface area contributed by atoms with Gasteiger partial charge in [-0.2, -0.15) is 5.10 Å². The van der Waals surface area contributed by atoms with E-state index in [1.54, 1.807) is 10.9 Å². The smallest absolute Gasteiger partial charge is 0.317 e. The maximum absolute atomic E-state index is 12.6. The molecule has 1 aliphatic rings. The molecule has 1 fully saturated rings. The number of aliphatic hydroxyl groups is 1. The maximum atomic E-state index is 12.6. The Morgan fingerprint density at radius 3 is 2.96 bits per heavy atom. The fourth-order valence-corrected chi connectivity index (χ4v) is 3.28. The molecular weight excluding hydrogens is 304 g/mol. The molecule has 2 aromatic rings. The van der Waals surface area contributed by atoms with Crippen molar-refractivity contribution in [2.45, 2.75) is 38.3 Å². The highest BCUT2D eigenvalue weighted by molar-refractivity contribution is 5.74. The van der Waals surface area contributed by atoms with Gasteiger partial charge in [0, 0.05) is 38.1 Å². The van der Waals surface area contributed by atoms with Crippen molar-refractivity contribution in [3.8, 4) is 5.69 Å². The molecule has 1 unspecified atom stereocenters. The van der Waals surface area contributed by atoms with Gasteiger partial charge in [0.25, 0.3) is 0 Å². The van der Waals surface area contributed by atoms with E-state index in [-0.39, 0.29) is 18.7 Å². The molecule has 6 heteroatoms. The van der Waals surface area contributed by atoms with Crippen molar-refractivity contribution in [2.75, 3.05) is 13.2 Å². The van der Waals surface area contributed by atoms with Crippen LogP contribution in [0.5, 0.6) is 0 Å². The molecule has 3 rings (SSSR count). The number of aliphatic hydroxyl groups excluding tert-OH is 1. The summed E-state index contributed by atoms with van der Waals surface area (Å²) in [5.41, 5.74) is 1.98. The van der Waals surface area contributed by atoms with Crippen LogP contribution in [0.25, 0.3) is 5.69 Å². The first-order valence-electron chi connectivity index (χ1n) is 8.53. The molecule has 24 heavy (non-hydrogen) atoms. The summed E-state index contributed by atoms with van der Waals surface area (Å²) >= 11 is 0. The minimum atomic E-state index is -0.0524. The number of carbonyl (C=O) groups excluding carboxylic acids is 1. The molecule has 2 amide bonds. The molecule has 0 aliphatic carbocycles. The zero-order valence-corrected chi connectivity index (χ0v) is 13.8. The van der Waals surface area contributed by atoms with Crippen molar-refractivity contribution >= 4 is 6.03 Å². The molecule has 2 N–H and O–H groups in total. The molecule has 0 spiro atoms. The first-order valence-corrected chi connectivity index (χ1v) is 8.53. The summed E-state index contributed by atoms with van der Waals surface area (Å²) in [6, 6.07) is 9.88. The zero-order valence-electron chi connectivity index (χ0n) is 13.8.